The predicted octanol–water partition coefficient (Wildman–Crippen LogP) is -0.601. The Morgan fingerprint density at radius 1 is 1.42 bits per heavy atom. The Hall–Kier alpha value is -2.51. The zero-order valence-corrected chi connectivity index (χ0v) is 10.6. The number of aromatic amines is 1. The first-order valence-electron chi connectivity index (χ1n) is 5.74. The van der Waals surface area contributed by atoms with E-state index in [0.29, 0.717) is 12.4 Å². The minimum atomic E-state index is -0.623. The Bertz CT molecular complexity index is 724. The number of carbonyl (C=O) groups is 1. The van der Waals surface area contributed by atoms with Gasteiger partial charge in [-0.2, -0.15) is 0 Å². The highest BCUT2D eigenvalue weighted by Crippen LogP contribution is 1.96. The molecule has 8 heteroatoms. The van der Waals surface area contributed by atoms with Crippen LogP contribution in [0.5, 0.6) is 0 Å². The molecule has 2 aromatic heterocycles. The summed E-state index contributed by atoms with van der Waals surface area (Å²) in [6.07, 6.45) is 2.65. The first-order chi connectivity index (χ1) is 9.04. The van der Waals surface area contributed by atoms with Crippen molar-refractivity contribution in [2.45, 2.75) is 26.9 Å². The van der Waals surface area contributed by atoms with E-state index < -0.39 is 17.0 Å². The summed E-state index contributed by atoms with van der Waals surface area (Å²) in [5.41, 5.74) is -1.26. The highest BCUT2D eigenvalue weighted by Gasteiger charge is 2.13. The van der Waals surface area contributed by atoms with E-state index in [1.54, 1.807) is 4.57 Å². The van der Waals surface area contributed by atoms with Crippen LogP contribution in [-0.4, -0.2) is 30.1 Å². The highest BCUT2D eigenvalue weighted by atomic mass is 16.2. The van der Waals surface area contributed by atoms with Crippen LogP contribution >= 0.6 is 0 Å². The summed E-state index contributed by atoms with van der Waals surface area (Å²) < 4.78 is 2.65. The van der Waals surface area contributed by atoms with Crippen LogP contribution in [0.4, 0.5) is 0 Å². The van der Waals surface area contributed by atoms with Gasteiger partial charge in [-0.3, -0.25) is 14.2 Å². The third-order valence-electron chi connectivity index (χ3n) is 2.78. The molecule has 0 fully saturated rings. The fraction of sp³-hybridized carbons (Fsp3) is 0.364. The molecule has 1 N–H and O–H groups in total. The van der Waals surface area contributed by atoms with E-state index in [2.05, 4.69) is 15.2 Å². The van der Waals surface area contributed by atoms with Gasteiger partial charge in [-0.15, -0.1) is 10.2 Å². The Morgan fingerprint density at radius 2 is 2.16 bits per heavy atom. The largest absolute Gasteiger partial charge is 0.328 e. The summed E-state index contributed by atoms with van der Waals surface area (Å²) in [4.78, 5) is 37.4. The molecule has 0 saturated heterocycles. The van der Waals surface area contributed by atoms with Crippen molar-refractivity contribution >= 4 is 5.78 Å². The molecule has 2 aromatic rings. The molecule has 2 heterocycles. The van der Waals surface area contributed by atoms with Crippen LogP contribution in [0.25, 0.3) is 0 Å². The standard InChI is InChI=1S/C11H13N5O3/c1-3-15-6-13-14-9(15)5-16-10(18)8(7(2)17)4-12-11(16)19/h4,6H,3,5H2,1-2H3,(H,12,19). The van der Waals surface area contributed by atoms with Crippen LogP contribution in [0.2, 0.25) is 0 Å². The normalized spacial score (nSPS) is 10.6. The van der Waals surface area contributed by atoms with Crippen LogP contribution in [0.3, 0.4) is 0 Å². The Balaban J connectivity index is 2.52. The van der Waals surface area contributed by atoms with Crippen molar-refractivity contribution < 1.29 is 4.79 Å². The van der Waals surface area contributed by atoms with Crippen molar-refractivity contribution in [2.75, 3.05) is 0 Å². The van der Waals surface area contributed by atoms with Crippen LogP contribution in [0.15, 0.2) is 22.1 Å². The van der Waals surface area contributed by atoms with Gasteiger partial charge in [0.2, 0.25) is 0 Å². The first-order valence-corrected chi connectivity index (χ1v) is 5.74. The number of ketones is 1. The van der Waals surface area contributed by atoms with E-state index in [-0.39, 0.29) is 12.1 Å². The average Bonchev–Trinajstić information content (AvgIpc) is 2.81. The molecule has 0 amide bonds. The van der Waals surface area contributed by atoms with Gasteiger partial charge in [0.1, 0.15) is 6.33 Å². The molecule has 0 aromatic carbocycles. The van der Waals surface area contributed by atoms with Gasteiger partial charge < -0.3 is 9.55 Å². The lowest BCUT2D eigenvalue weighted by Crippen LogP contribution is -2.38. The number of aromatic nitrogens is 5. The fourth-order valence-electron chi connectivity index (χ4n) is 1.71. The number of hydrogen-bond acceptors (Lipinski definition) is 5. The third kappa shape index (κ3) is 2.37. The number of rotatable bonds is 4. The number of carbonyl (C=O) groups excluding carboxylic acids is 1. The minimum absolute atomic E-state index is 0.0247. The number of Topliss-reactive ketones (excluding diaryl/α,β-unsaturated/α-hetero) is 1. The lowest BCUT2D eigenvalue weighted by molar-refractivity contribution is 0.101. The SMILES string of the molecule is CCn1cnnc1Cn1c(=O)[nH]cc(C(C)=O)c1=O. The molecule has 0 aliphatic heterocycles. The number of nitrogens with zero attached hydrogens (tertiary/aromatic N) is 4. The van der Waals surface area contributed by atoms with E-state index in [1.165, 1.54) is 13.3 Å². The van der Waals surface area contributed by atoms with Crippen molar-refractivity contribution in [1.82, 2.24) is 24.3 Å². The maximum atomic E-state index is 12.0. The highest BCUT2D eigenvalue weighted by molar-refractivity contribution is 5.93. The van der Waals surface area contributed by atoms with Gasteiger partial charge in [-0.25, -0.2) is 4.79 Å². The summed E-state index contributed by atoms with van der Waals surface area (Å²) in [5.74, 6) is 0.0859. The van der Waals surface area contributed by atoms with E-state index in [0.717, 1.165) is 10.8 Å². The zero-order valence-electron chi connectivity index (χ0n) is 10.6. The molecule has 2 rings (SSSR count). The molecule has 0 spiro atoms. The molecule has 0 aliphatic carbocycles. The van der Waals surface area contributed by atoms with Crippen molar-refractivity contribution in [1.29, 1.82) is 0 Å². The topological polar surface area (TPSA) is 103 Å². The quantitative estimate of drug-likeness (QED) is 0.742. The van der Waals surface area contributed by atoms with E-state index in [9.17, 15) is 14.4 Å². The molecular weight excluding hydrogens is 250 g/mol. The monoisotopic (exact) mass is 263 g/mol. The zero-order chi connectivity index (χ0) is 14.0. The van der Waals surface area contributed by atoms with Gasteiger partial charge in [0.15, 0.2) is 11.6 Å². The van der Waals surface area contributed by atoms with E-state index in [1.807, 2.05) is 6.92 Å². The molecule has 100 valence electrons. The molecule has 0 unspecified atom stereocenters. The molecule has 19 heavy (non-hydrogen) atoms. The second-order valence-electron chi connectivity index (χ2n) is 3.99. The van der Waals surface area contributed by atoms with Crippen molar-refractivity contribution in [3.05, 3.63) is 44.8 Å². The van der Waals surface area contributed by atoms with Crippen molar-refractivity contribution in [3.63, 3.8) is 0 Å². The fourth-order valence-corrected chi connectivity index (χ4v) is 1.71. The summed E-state index contributed by atoms with van der Waals surface area (Å²) in [6, 6.07) is 0. The van der Waals surface area contributed by atoms with Gasteiger partial charge in [0.25, 0.3) is 5.56 Å². The molecule has 0 radical (unpaired) electrons. The summed E-state index contributed by atoms with van der Waals surface area (Å²) in [7, 11) is 0. The van der Waals surface area contributed by atoms with Gasteiger partial charge in [-0.05, 0) is 13.8 Å². The number of H-pyrrole nitrogens is 1. The lowest BCUT2D eigenvalue weighted by atomic mass is 10.2. The van der Waals surface area contributed by atoms with Crippen molar-refractivity contribution in [2.24, 2.45) is 0 Å². The summed E-state index contributed by atoms with van der Waals surface area (Å²) in [6.45, 7) is 3.77. The summed E-state index contributed by atoms with van der Waals surface area (Å²) in [5, 5.41) is 7.58. The van der Waals surface area contributed by atoms with E-state index >= 15 is 0 Å². The van der Waals surface area contributed by atoms with Gasteiger partial charge in [0.05, 0.1) is 12.1 Å². The van der Waals surface area contributed by atoms with Gasteiger partial charge in [0, 0.05) is 12.7 Å². The molecule has 0 saturated carbocycles. The first kappa shape index (κ1) is 12.9. The predicted molar refractivity (Wildman–Crippen MR) is 66.1 cm³/mol. The lowest BCUT2D eigenvalue weighted by Gasteiger charge is -2.06. The molecule has 8 nitrogen and oxygen atoms in total. The smallest absolute Gasteiger partial charge is 0.316 e. The van der Waals surface area contributed by atoms with Crippen LogP contribution in [-0.2, 0) is 13.1 Å². The molecule has 0 atom stereocenters. The summed E-state index contributed by atoms with van der Waals surface area (Å²) >= 11 is 0. The van der Waals surface area contributed by atoms with Gasteiger partial charge in [-0.1, -0.05) is 0 Å². The maximum Gasteiger partial charge on any atom is 0.328 e. The van der Waals surface area contributed by atoms with E-state index in [4.69, 9.17) is 0 Å². The Kier molecular flexibility index (Phi) is 3.41. The van der Waals surface area contributed by atoms with Crippen LogP contribution in [0, 0.1) is 0 Å². The third-order valence-corrected chi connectivity index (χ3v) is 2.78. The molecular formula is C11H13N5O3. The van der Waals surface area contributed by atoms with Gasteiger partial charge >= 0.3 is 5.69 Å². The molecule has 0 aliphatic rings. The number of nitrogens with one attached hydrogen (secondary N) is 1. The minimum Gasteiger partial charge on any atom is -0.316 e. The average molecular weight is 263 g/mol. The van der Waals surface area contributed by atoms with Crippen molar-refractivity contribution in [3.8, 4) is 0 Å². The maximum absolute atomic E-state index is 12.0. The second-order valence-corrected chi connectivity index (χ2v) is 3.99. The van der Waals surface area contributed by atoms with Crippen LogP contribution < -0.4 is 11.2 Å². The molecule has 0 bridgehead atoms. The Labute approximate surface area is 107 Å². The second kappa shape index (κ2) is 5.01. The number of aryl methyl sites for hydroxylation is 1. The number of hydrogen-bond donors (Lipinski definition) is 1. The van der Waals surface area contributed by atoms with Crippen LogP contribution in [0.1, 0.15) is 30.0 Å². The Morgan fingerprint density at radius 3 is 2.79 bits per heavy atom.